The number of benzene rings is 2. The van der Waals surface area contributed by atoms with Crippen LogP contribution in [0.25, 0.3) is 0 Å². The average molecular weight is 349 g/mol. The van der Waals surface area contributed by atoms with Crippen molar-refractivity contribution in [3.8, 4) is 0 Å². The molecule has 0 aliphatic rings. The second-order valence-corrected chi connectivity index (χ2v) is 6.05. The van der Waals surface area contributed by atoms with E-state index >= 15 is 0 Å². The van der Waals surface area contributed by atoms with Gasteiger partial charge in [-0.2, -0.15) is 0 Å². The molecule has 2 aromatic carbocycles. The Labute approximate surface area is 138 Å². The Kier molecular flexibility index (Phi) is 5.59. The van der Waals surface area contributed by atoms with Crippen LogP contribution in [0.1, 0.15) is 24.1 Å². The summed E-state index contributed by atoms with van der Waals surface area (Å²) < 4.78 is 0. The summed E-state index contributed by atoms with van der Waals surface area (Å²) in [6.07, 6.45) is 0. The molecule has 0 amide bonds. The monoisotopic (exact) mass is 347 g/mol. The quantitative estimate of drug-likeness (QED) is 0.653. The number of hydrogen-bond acceptors (Lipinski definition) is 1. The number of halogens is 4. The molecule has 20 heavy (non-hydrogen) atoms. The van der Waals surface area contributed by atoms with E-state index in [1.807, 2.05) is 31.2 Å². The van der Waals surface area contributed by atoms with E-state index in [1.165, 1.54) is 0 Å². The standard InChI is InChI=1S/C15H13Cl4N/c1-9(10-4-2-3-5-12(10)16)20-8-11-13(17)6-7-14(18)15(11)19/h2-7,9,20H,8H2,1H3/t9-/m1/s1. The normalized spacial score (nSPS) is 12.4. The van der Waals surface area contributed by atoms with Gasteiger partial charge < -0.3 is 5.32 Å². The van der Waals surface area contributed by atoms with Crippen molar-refractivity contribution >= 4 is 46.4 Å². The zero-order valence-electron chi connectivity index (χ0n) is 10.8. The van der Waals surface area contributed by atoms with Gasteiger partial charge in [0.15, 0.2) is 0 Å². The van der Waals surface area contributed by atoms with E-state index in [4.69, 9.17) is 46.4 Å². The van der Waals surface area contributed by atoms with Gasteiger partial charge in [0.2, 0.25) is 0 Å². The highest BCUT2D eigenvalue weighted by molar-refractivity contribution is 6.44. The Morgan fingerprint density at radius 3 is 2.25 bits per heavy atom. The molecule has 0 bridgehead atoms. The first kappa shape index (κ1) is 15.9. The van der Waals surface area contributed by atoms with E-state index in [9.17, 15) is 0 Å². The average Bonchev–Trinajstić information content (AvgIpc) is 2.43. The molecule has 1 nitrogen and oxygen atoms in total. The summed E-state index contributed by atoms with van der Waals surface area (Å²) in [5.41, 5.74) is 1.82. The lowest BCUT2D eigenvalue weighted by Gasteiger charge is -2.17. The highest BCUT2D eigenvalue weighted by Gasteiger charge is 2.13. The van der Waals surface area contributed by atoms with Gasteiger partial charge in [-0.3, -0.25) is 0 Å². The molecule has 106 valence electrons. The van der Waals surface area contributed by atoms with Crippen LogP contribution in [0.4, 0.5) is 0 Å². The fourth-order valence-electron chi connectivity index (χ4n) is 1.92. The molecule has 1 atom stereocenters. The molecule has 2 rings (SSSR count). The van der Waals surface area contributed by atoms with E-state index in [0.717, 1.165) is 16.1 Å². The van der Waals surface area contributed by atoms with Crippen molar-refractivity contribution < 1.29 is 0 Å². The van der Waals surface area contributed by atoms with Crippen molar-refractivity contribution in [1.82, 2.24) is 5.32 Å². The van der Waals surface area contributed by atoms with Crippen molar-refractivity contribution in [2.45, 2.75) is 19.5 Å². The second kappa shape index (κ2) is 7.02. The van der Waals surface area contributed by atoms with Gasteiger partial charge in [0.25, 0.3) is 0 Å². The van der Waals surface area contributed by atoms with Crippen LogP contribution in [0, 0.1) is 0 Å². The van der Waals surface area contributed by atoms with E-state index in [1.54, 1.807) is 12.1 Å². The fourth-order valence-corrected chi connectivity index (χ4v) is 2.90. The van der Waals surface area contributed by atoms with Gasteiger partial charge in [0.05, 0.1) is 10.0 Å². The van der Waals surface area contributed by atoms with Crippen LogP contribution < -0.4 is 5.32 Å². The Balaban J connectivity index is 2.14. The summed E-state index contributed by atoms with van der Waals surface area (Å²) >= 11 is 24.5. The van der Waals surface area contributed by atoms with Gasteiger partial charge in [0, 0.05) is 28.2 Å². The van der Waals surface area contributed by atoms with Crippen LogP contribution in [0.3, 0.4) is 0 Å². The summed E-state index contributed by atoms with van der Waals surface area (Å²) in [6.45, 7) is 2.55. The van der Waals surface area contributed by atoms with Crippen molar-refractivity contribution in [1.29, 1.82) is 0 Å². The predicted octanol–water partition coefficient (Wildman–Crippen LogP) is 6.15. The first-order valence-electron chi connectivity index (χ1n) is 6.11. The van der Waals surface area contributed by atoms with E-state index in [-0.39, 0.29) is 6.04 Å². The molecule has 2 aromatic rings. The van der Waals surface area contributed by atoms with Crippen LogP contribution in [0.2, 0.25) is 20.1 Å². The molecule has 0 saturated carbocycles. The van der Waals surface area contributed by atoms with Crippen LogP contribution in [-0.2, 0) is 6.54 Å². The molecule has 0 radical (unpaired) electrons. The first-order chi connectivity index (χ1) is 9.50. The van der Waals surface area contributed by atoms with Crippen LogP contribution in [-0.4, -0.2) is 0 Å². The van der Waals surface area contributed by atoms with Crippen LogP contribution in [0.15, 0.2) is 36.4 Å². The van der Waals surface area contributed by atoms with Crippen molar-refractivity contribution in [3.05, 3.63) is 67.6 Å². The van der Waals surface area contributed by atoms with Crippen LogP contribution >= 0.6 is 46.4 Å². The Hall–Kier alpha value is -0.440. The second-order valence-electron chi connectivity index (χ2n) is 4.45. The minimum Gasteiger partial charge on any atom is -0.306 e. The molecule has 0 saturated heterocycles. The molecule has 0 fully saturated rings. The first-order valence-corrected chi connectivity index (χ1v) is 7.62. The zero-order valence-corrected chi connectivity index (χ0v) is 13.8. The lowest BCUT2D eigenvalue weighted by Crippen LogP contribution is -2.19. The summed E-state index contributed by atoms with van der Waals surface area (Å²) in [5, 5.41) is 5.66. The fraction of sp³-hybridized carbons (Fsp3) is 0.200. The maximum absolute atomic E-state index is 6.18. The van der Waals surface area contributed by atoms with Crippen molar-refractivity contribution in [2.24, 2.45) is 0 Å². The van der Waals surface area contributed by atoms with Crippen molar-refractivity contribution in [2.75, 3.05) is 0 Å². The van der Waals surface area contributed by atoms with E-state index < -0.39 is 0 Å². The molecular weight excluding hydrogens is 336 g/mol. The topological polar surface area (TPSA) is 12.0 Å². The van der Waals surface area contributed by atoms with Gasteiger partial charge in [-0.1, -0.05) is 64.6 Å². The number of rotatable bonds is 4. The molecule has 0 aromatic heterocycles. The Bertz CT molecular complexity index is 613. The van der Waals surface area contributed by atoms with E-state index in [0.29, 0.717) is 21.6 Å². The highest BCUT2D eigenvalue weighted by Crippen LogP contribution is 2.32. The smallest absolute Gasteiger partial charge is 0.0652 e. The molecule has 5 heteroatoms. The van der Waals surface area contributed by atoms with Crippen LogP contribution in [0.5, 0.6) is 0 Å². The summed E-state index contributed by atoms with van der Waals surface area (Å²) in [4.78, 5) is 0. The summed E-state index contributed by atoms with van der Waals surface area (Å²) in [7, 11) is 0. The zero-order chi connectivity index (χ0) is 14.7. The number of nitrogens with one attached hydrogen (secondary N) is 1. The Morgan fingerprint density at radius 2 is 1.55 bits per heavy atom. The Morgan fingerprint density at radius 1 is 0.900 bits per heavy atom. The SMILES string of the molecule is C[C@@H](NCc1c(Cl)ccc(Cl)c1Cl)c1ccccc1Cl. The lowest BCUT2D eigenvalue weighted by atomic mass is 10.1. The lowest BCUT2D eigenvalue weighted by molar-refractivity contribution is 0.575. The molecule has 0 heterocycles. The highest BCUT2D eigenvalue weighted by atomic mass is 35.5. The third-order valence-corrected chi connectivity index (χ3v) is 4.64. The van der Waals surface area contributed by atoms with Crippen molar-refractivity contribution in [3.63, 3.8) is 0 Å². The largest absolute Gasteiger partial charge is 0.306 e. The molecule has 0 spiro atoms. The van der Waals surface area contributed by atoms with E-state index in [2.05, 4.69) is 5.32 Å². The minimum absolute atomic E-state index is 0.0785. The summed E-state index contributed by atoms with van der Waals surface area (Å²) in [5.74, 6) is 0. The summed E-state index contributed by atoms with van der Waals surface area (Å²) in [6, 6.07) is 11.2. The predicted molar refractivity (Wildman–Crippen MR) is 88.2 cm³/mol. The molecular formula is C15H13Cl4N. The minimum atomic E-state index is 0.0785. The number of hydrogen-bond donors (Lipinski definition) is 1. The molecule has 0 unspecified atom stereocenters. The maximum atomic E-state index is 6.18. The maximum Gasteiger partial charge on any atom is 0.0652 e. The van der Waals surface area contributed by atoms with Gasteiger partial charge in [-0.15, -0.1) is 0 Å². The van der Waals surface area contributed by atoms with Gasteiger partial charge in [-0.25, -0.2) is 0 Å². The molecule has 0 aliphatic carbocycles. The molecule has 0 aliphatic heterocycles. The van der Waals surface area contributed by atoms with Gasteiger partial charge in [0.1, 0.15) is 0 Å². The third-order valence-electron chi connectivity index (χ3n) is 3.10. The van der Waals surface area contributed by atoms with Gasteiger partial charge in [-0.05, 0) is 30.7 Å². The third kappa shape index (κ3) is 3.60. The molecule has 1 N–H and O–H groups in total. The van der Waals surface area contributed by atoms with Gasteiger partial charge >= 0.3 is 0 Å².